The maximum atomic E-state index is 12.2. The van der Waals surface area contributed by atoms with Gasteiger partial charge in [-0.05, 0) is 20.3 Å². The van der Waals surface area contributed by atoms with Gasteiger partial charge in [-0.2, -0.15) is 0 Å². The molecule has 1 aromatic rings. The van der Waals surface area contributed by atoms with E-state index >= 15 is 0 Å². The number of carbonyl (C=O) groups is 1. The Kier molecular flexibility index (Phi) is 5.41. The Hall–Kier alpha value is -1.34. The molecule has 116 valence electrons. The van der Waals surface area contributed by atoms with Crippen molar-refractivity contribution in [2.45, 2.75) is 44.6 Å². The number of aromatic nitrogens is 2. The third-order valence-corrected chi connectivity index (χ3v) is 4.10. The number of ether oxygens (including phenoxy) is 1. The van der Waals surface area contributed by atoms with E-state index in [4.69, 9.17) is 4.74 Å². The molecule has 7 heteroatoms. The minimum absolute atomic E-state index is 0.0477. The first-order chi connectivity index (χ1) is 9.97. The number of morpholine rings is 1. The molecule has 0 spiro atoms. The van der Waals surface area contributed by atoms with E-state index in [0.717, 1.165) is 5.69 Å². The number of amides is 1. The van der Waals surface area contributed by atoms with Gasteiger partial charge in [-0.3, -0.25) is 9.59 Å². The SMILES string of the molecule is CCc1cc(=O)[nH]c(SCC(=O)N2C[C@@H](C)O[C@@H](C)C2)n1. The van der Waals surface area contributed by atoms with E-state index in [0.29, 0.717) is 24.7 Å². The summed E-state index contributed by atoms with van der Waals surface area (Å²) in [5.74, 6) is 0.321. The summed E-state index contributed by atoms with van der Waals surface area (Å²) in [6.07, 6.45) is 0.817. The van der Waals surface area contributed by atoms with Gasteiger partial charge in [-0.15, -0.1) is 0 Å². The van der Waals surface area contributed by atoms with Crippen LogP contribution in [0.15, 0.2) is 16.0 Å². The molecule has 0 radical (unpaired) electrons. The maximum Gasteiger partial charge on any atom is 0.251 e. The molecule has 1 N–H and O–H groups in total. The van der Waals surface area contributed by atoms with Crippen molar-refractivity contribution in [2.75, 3.05) is 18.8 Å². The minimum atomic E-state index is -0.176. The van der Waals surface area contributed by atoms with Crippen LogP contribution in [0, 0.1) is 0 Å². The Balaban J connectivity index is 1.94. The molecule has 1 amide bonds. The van der Waals surface area contributed by atoms with Crippen molar-refractivity contribution >= 4 is 17.7 Å². The fraction of sp³-hybridized carbons (Fsp3) is 0.643. The quantitative estimate of drug-likeness (QED) is 0.665. The van der Waals surface area contributed by atoms with Gasteiger partial charge in [0.2, 0.25) is 5.91 Å². The zero-order valence-corrected chi connectivity index (χ0v) is 13.4. The average molecular weight is 311 g/mol. The molecule has 2 atom stereocenters. The molecule has 6 nitrogen and oxygen atoms in total. The normalized spacial score (nSPS) is 22.3. The molecule has 2 rings (SSSR count). The van der Waals surface area contributed by atoms with Crippen LogP contribution in [-0.2, 0) is 16.0 Å². The van der Waals surface area contributed by atoms with Gasteiger partial charge in [0.25, 0.3) is 5.56 Å². The maximum absolute atomic E-state index is 12.2. The molecule has 0 saturated carbocycles. The van der Waals surface area contributed by atoms with E-state index in [1.165, 1.54) is 17.8 Å². The second-order valence-electron chi connectivity index (χ2n) is 5.24. The summed E-state index contributed by atoms with van der Waals surface area (Å²) in [6.45, 7) is 7.10. The summed E-state index contributed by atoms with van der Waals surface area (Å²) in [4.78, 5) is 32.5. The van der Waals surface area contributed by atoms with Crippen LogP contribution in [-0.4, -0.2) is 51.8 Å². The summed E-state index contributed by atoms with van der Waals surface area (Å²) in [5, 5.41) is 0.502. The Morgan fingerprint density at radius 3 is 2.76 bits per heavy atom. The molecular weight excluding hydrogens is 290 g/mol. The fourth-order valence-corrected chi connectivity index (χ4v) is 3.13. The van der Waals surface area contributed by atoms with Crippen molar-refractivity contribution in [1.29, 1.82) is 0 Å². The number of rotatable bonds is 4. The lowest BCUT2D eigenvalue weighted by Gasteiger charge is -2.35. The number of aromatic amines is 1. The molecule has 0 unspecified atom stereocenters. The number of hydrogen-bond donors (Lipinski definition) is 1. The van der Waals surface area contributed by atoms with Crippen LogP contribution in [0.1, 0.15) is 26.5 Å². The molecule has 1 fully saturated rings. The van der Waals surface area contributed by atoms with Crippen LogP contribution >= 0.6 is 11.8 Å². The summed E-state index contributed by atoms with van der Waals surface area (Å²) < 4.78 is 5.61. The molecule has 0 aromatic carbocycles. The number of nitrogens with zero attached hydrogens (tertiary/aromatic N) is 2. The first-order valence-corrected chi connectivity index (χ1v) is 8.12. The van der Waals surface area contributed by atoms with Crippen LogP contribution in [0.4, 0.5) is 0 Å². The van der Waals surface area contributed by atoms with Crippen molar-refractivity contribution in [2.24, 2.45) is 0 Å². The van der Waals surface area contributed by atoms with Gasteiger partial charge in [0, 0.05) is 24.8 Å². The molecule has 21 heavy (non-hydrogen) atoms. The van der Waals surface area contributed by atoms with E-state index in [2.05, 4.69) is 9.97 Å². The average Bonchev–Trinajstić information content (AvgIpc) is 2.43. The van der Waals surface area contributed by atoms with Gasteiger partial charge in [-0.25, -0.2) is 4.98 Å². The Labute approximate surface area is 128 Å². The number of hydrogen-bond acceptors (Lipinski definition) is 5. The number of H-pyrrole nitrogens is 1. The lowest BCUT2D eigenvalue weighted by molar-refractivity contribution is -0.140. The Morgan fingerprint density at radius 2 is 2.14 bits per heavy atom. The zero-order valence-electron chi connectivity index (χ0n) is 12.6. The van der Waals surface area contributed by atoms with Crippen LogP contribution in [0.3, 0.4) is 0 Å². The first kappa shape index (κ1) is 16.0. The Bertz CT molecular complexity index is 551. The van der Waals surface area contributed by atoms with Crippen molar-refractivity contribution in [3.63, 3.8) is 0 Å². The second-order valence-corrected chi connectivity index (χ2v) is 6.20. The van der Waals surface area contributed by atoms with Gasteiger partial charge < -0.3 is 14.6 Å². The third kappa shape index (κ3) is 4.57. The highest BCUT2D eigenvalue weighted by molar-refractivity contribution is 7.99. The molecule has 1 aliphatic rings. The highest BCUT2D eigenvalue weighted by Gasteiger charge is 2.25. The van der Waals surface area contributed by atoms with Gasteiger partial charge in [-0.1, -0.05) is 18.7 Å². The van der Waals surface area contributed by atoms with Crippen LogP contribution in [0.5, 0.6) is 0 Å². The van der Waals surface area contributed by atoms with E-state index in [-0.39, 0.29) is 29.4 Å². The Morgan fingerprint density at radius 1 is 1.48 bits per heavy atom. The molecule has 0 aliphatic carbocycles. The lowest BCUT2D eigenvalue weighted by atomic mass is 10.2. The van der Waals surface area contributed by atoms with E-state index in [1.807, 2.05) is 25.7 Å². The molecule has 1 aromatic heterocycles. The number of aryl methyl sites for hydroxylation is 1. The lowest BCUT2D eigenvalue weighted by Crippen LogP contribution is -2.48. The highest BCUT2D eigenvalue weighted by Crippen LogP contribution is 2.16. The molecule has 1 saturated heterocycles. The monoisotopic (exact) mass is 311 g/mol. The van der Waals surface area contributed by atoms with Crippen molar-refractivity contribution in [3.8, 4) is 0 Å². The van der Waals surface area contributed by atoms with Crippen LogP contribution in [0.2, 0.25) is 0 Å². The second kappa shape index (κ2) is 7.09. The molecular formula is C14H21N3O3S. The summed E-state index contributed by atoms with van der Waals surface area (Å²) >= 11 is 1.27. The molecule has 0 bridgehead atoms. The standard InChI is InChI=1S/C14H21N3O3S/c1-4-11-5-12(18)16-14(15-11)21-8-13(19)17-6-9(2)20-10(3)7-17/h5,9-10H,4,6-8H2,1-3H3,(H,15,16,18)/t9-,10+. The predicted octanol–water partition coefficient (Wildman–Crippen LogP) is 1.06. The smallest absolute Gasteiger partial charge is 0.251 e. The minimum Gasteiger partial charge on any atom is -0.372 e. The molecule has 2 heterocycles. The summed E-state index contributed by atoms with van der Waals surface area (Å²) in [6, 6.07) is 1.48. The number of carbonyl (C=O) groups excluding carboxylic acids is 1. The van der Waals surface area contributed by atoms with E-state index in [9.17, 15) is 9.59 Å². The van der Waals surface area contributed by atoms with Crippen molar-refractivity contribution in [3.05, 3.63) is 22.1 Å². The number of thioether (sulfide) groups is 1. The van der Waals surface area contributed by atoms with E-state index < -0.39 is 0 Å². The fourth-order valence-electron chi connectivity index (χ4n) is 2.34. The number of nitrogens with one attached hydrogen (secondary N) is 1. The van der Waals surface area contributed by atoms with Crippen molar-refractivity contribution < 1.29 is 9.53 Å². The van der Waals surface area contributed by atoms with Crippen LogP contribution in [0.25, 0.3) is 0 Å². The highest BCUT2D eigenvalue weighted by atomic mass is 32.2. The summed E-state index contributed by atoms with van der Waals surface area (Å²) in [5.41, 5.74) is 0.563. The summed E-state index contributed by atoms with van der Waals surface area (Å²) in [7, 11) is 0. The van der Waals surface area contributed by atoms with Gasteiger partial charge in [0.05, 0.1) is 18.0 Å². The van der Waals surface area contributed by atoms with Crippen LogP contribution < -0.4 is 5.56 Å². The van der Waals surface area contributed by atoms with Gasteiger partial charge in [0.15, 0.2) is 5.16 Å². The van der Waals surface area contributed by atoms with Crippen molar-refractivity contribution in [1.82, 2.24) is 14.9 Å². The zero-order chi connectivity index (χ0) is 15.4. The van der Waals surface area contributed by atoms with Gasteiger partial charge in [0.1, 0.15) is 0 Å². The predicted molar refractivity (Wildman–Crippen MR) is 81.5 cm³/mol. The first-order valence-electron chi connectivity index (χ1n) is 7.14. The third-order valence-electron chi connectivity index (χ3n) is 3.24. The largest absolute Gasteiger partial charge is 0.372 e. The topological polar surface area (TPSA) is 75.3 Å². The van der Waals surface area contributed by atoms with Gasteiger partial charge >= 0.3 is 0 Å². The van der Waals surface area contributed by atoms with E-state index in [1.54, 1.807) is 0 Å². The molecule has 1 aliphatic heterocycles.